The van der Waals surface area contributed by atoms with E-state index < -0.39 is 0 Å². The number of aryl methyl sites for hydroxylation is 2. The van der Waals surface area contributed by atoms with Crippen LogP contribution in [-0.4, -0.2) is 4.98 Å². The maximum Gasteiger partial charge on any atom is 0.0752 e. The van der Waals surface area contributed by atoms with Crippen molar-refractivity contribution in [2.24, 2.45) is 0 Å². The molecular weight excluding hydrogens is 250 g/mol. The molecule has 3 heteroatoms. The third-order valence-corrected chi connectivity index (χ3v) is 4.37. The summed E-state index contributed by atoms with van der Waals surface area (Å²) in [6.07, 6.45) is 3.46. The molecular formula is C14H14ClNS. The van der Waals surface area contributed by atoms with E-state index in [4.69, 9.17) is 16.6 Å². The molecule has 1 nitrogen and oxygen atoms in total. The van der Waals surface area contributed by atoms with Gasteiger partial charge in [-0.25, -0.2) is 0 Å². The molecule has 1 aliphatic carbocycles. The van der Waals surface area contributed by atoms with Gasteiger partial charge in [0.15, 0.2) is 0 Å². The van der Waals surface area contributed by atoms with Crippen LogP contribution < -0.4 is 0 Å². The van der Waals surface area contributed by atoms with Crippen LogP contribution in [0.4, 0.5) is 0 Å². The fourth-order valence-corrected chi connectivity index (χ4v) is 3.23. The monoisotopic (exact) mass is 263 g/mol. The van der Waals surface area contributed by atoms with E-state index in [0.717, 1.165) is 34.7 Å². The first kappa shape index (κ1) is 11.4. The Bertz CT molecular complexity index is 607. The number of pyridine rings is 1. The minimum Gasteiger partial charge on any atom is -0.252 e. The molecule has 3 rings (SSSR count). The molecule has 0 spiro atoms. The predicted octanol–water partition coefficient (Wildman–Crippen LogP) is 4.12. The fourth-order valence-electron chi connectivity index (χ4n) is 2.72. The summed E-state index contributed by atoms with van der Waals surface area (Å²) in [5.74, 6) is 0.780. The van der Waals surface area contributed by atoms with Gasteiger partial charge in [-0.1, -0.05) is 17.7 Å². The Balaban J connectivity index is 2.44. The molecule has 0 saturated carbocycles. The summed E-state index contributed by atoms with van der Waals surface area (Å²) in [5.41, 5.74) is 6.18. The van der Waals surface area contributed by atoms with Gasteiger partial charge in [0.05, 0.1) is 5.52 Å². The second kappa shape index (κ2) is 4.18. The third-order valence-electron chi connectivity index (χ3n) is 3.65. The largest absolute Gasteiger partial charge is 0.252 e. The molecule has 0 unspecified atom stereocenters. The van der Waals surface area contributed by atoms with Gasteiger partial charge in [-0.15, -0.1) is 0 Å². The van der Waals surface area contributed by atoms with Crippen LogP contribution in [0.1, 0.15) is 28.8 Å². The topological polar surface area (TPSA) is 12.9 Å². The molecule has 88 valence electrons. The van der Waals surface area contributed by atoms with Crippen LogP contribution >= 0.6 is 24.2 Å². The van der Waals surface area contributed by atoms with E-state index in [2.05, 4.69) is 18.7 Å². The number of nitrogens with zero attached hydrogens (tertiary/aromatic N) is 1. The van der Waals surface area contributed by atoms with Gasteiger partial charge in [-0.05, 0) is 48.9 Å². The Morgan fingerprint density at radius 3 is 2.94 bits per heavy atom. The van der Waals surface area contributed by atoms with Crippen molar-refractivity contribution in [1.82, 2.24) is 4.98 Å². The number of halogens is 1. The van der Waals surface area contributed by atoms with Gasteiger partial charge in [0, 0.05) is 21.9 Å². The van der Waals surface area contributed by atoms with Crippen LogP contribution in [0.3, 0.4) is 0 Å². The van der Waals surface area contributed by atoms with Crippen LogP contribution in [0, 0.1) is 6.92 Å². The van der Waals surface area contributed by atoms with Crippen molar-refractivity contribution in [3.05, 3.63) is 39.5 Å². The van der Waals surface area contributed by atoms with Crippen LogP contribution in [0.25, 0.3) is 10.9 Å². The number of fused-ring (bicyclic) bond motifs is 2. The number of aromatic nitrogens is 1. The van der Waals surface area contributed by atoms with Crippen molar-refractivity contribution in [3.8, 4) is 0 Å². The molecule has 0 amide bonds. The zero-order chi connectivity index (χ0) is 12.0. The molecule has 1 aromatic carbocycles. The molecule has 0 bridgehead atoms. The first-order chi connectivity index (χ1) is 8.22. The molecule has 0 atom stereocenters. The maximum atomic E-state index is 6.18. The molecule has 0 fully saturated rings. The summed E-state index contributed by atoms with van der Waals surface area (Å²) in [6, 6.07) is 4.05. The summed E-state index contributed by atoms with van der Waals surface area (Å²) in [5, 5.41) is 2.02. The molecule has 17 heavy (non-hydrogen) atoms. The van der Waals surface area contributed by atoms with Crippen molar-refractivity contribution in [2.45, 2.75) is 31.9 Å². The first-order valence-corrected chi connectivity index (χ1v) is 6.93. The highest BCUT2D eigenvalue weighted by Crippen LogP contribution is 2.34. The normalized spacial score (nSPS) is 14.3. The number of hydrogen-bond acceptors (Lipinski definition) is 2. The number of thiol groups is 1. The maximum absolute atomic E-state index is 6.18. The van der Waals surface area contributed by atoms with Crippen molar-refractivity contribution in [3.63, 3.8) is 0 Å². The van der Waals surface area contributed by atoms with E-state index in [1.807, 2.05) is 13.0 Å². The lowest BCUT2D eigenvalue weighted by molar-refractivity contribution is 0.899. The first-order valence-electron chi connectivity index (χ1n) is 5.92. The Hall–Kier alpha value is -0.730. The van der Waals surface area contributed by atoms with E-state index in [1.54, 1.807) is 0 Å². The summed E-state index contributed by atoms with van der Waals surface area (Å²) < 4.78 is 0. The number of hydrogen-bond donors (Lipinski definition) is 1. The van der Waals surface area contributed by atoms with Crippen LogP contribution in [0.5, 0.6) is 0 Å². The summed E-state index contributed by atoms with van der Waals surface area (Å²) in [7, 11) is 0. The highest BCUT2D eigenvalue weighted by molar-refractivity contribution is 7.79. The van der Waals surface area contributed by atoms with E-state index in [1.165, 1.54) is 28.6 Å². The van der Waals surface area contributed by atoms with Crippen LogP contribution in [0.2, 0.25) is 5.02 Å². The molecule has 0 N–H and O–H groups in total. The van der Waals surface area contributed by atoms with Crippen molar-refractivity contribution >= 4 is 35.1 Å². The second-order valence-corrected chi connectivity index (χ2v) is 5.32. The minimum atomic E-state index is 0.780. The smallest absolute Gasteiger partial charge is 0.0752 e. The van der Waals surface area contributed by atoms with Crippen LogP contribution in [-0.2, 0) is 18.6 Å². The molecule has 1 aliphatic rings. The molecule has 1 heterocycles. The third kappa shape index (κ3) is 1.66. The van der Waals surface area contributed by atoms with Gasteiger partial charge in [-0.3, -0.25) is 4.98 Å². The van der Waals surface area contributed by atoms with E-state index >= 15 is 0 Å². The fraction of sp³-hybridized carbons (Fsp3) is 0.357. The number of benzene rings is 1. The van der Waals surface area contributed by atoms with Crippen molar-refractivity contribution < 1.29 is 0 Å². The molecule has 2 aromatic rings. The van der Waals surface area contributed by atoms with Gasteiger partial charge >= 0.3 is 0 Å². The van der Waals surface area contributed by atoms with E-state index in [9.17, 15) is 0 Å². The van der Waals surface area contributed by atoms with Gasteiger partial charge in [0.1, 0.15) is 0 Å². The molecule has 0 aliphatic heterocycles. The average Bonchev–Trinajstić information content (AvgIpc) is 2.79. The van der Waals surface area contributed by atoms with Gasteiger partial charge in [-0.2, -0.15) is 12.6 Å². The predicted molar refractivity (Wildman–Crippen MR) is 76.2 cm³/mol. The highest BCUT2D eigenvalue weighted by atomic mass is 35.5. The van der Waals surface area contributed by atoms with E-state index in [-0.39, 0.29) is 0 Å². The summed E-state index contributed by atoms with van der Waals surface area (Å²) >= 11 is 10.7. The standard InChI is InChI=1S/C14H14ClNS/c1-8-12(15)6-5-10-11(7-17)9-3-2-4-13(9)16-14(8)10/h5-6,17H,2-4,7H2,1H3. The average molecular weight is 264 g/mol. The second-order valence-electron chi connectivity index (χ2n) is 4.60. The Morgan fingerprint density at radius 2 is 2.18 bits per heavy atom. The summed E-state index contributed by atoms with van der Waals surface area (Å²) in [4.78, 5) is 4.81. The quantitative estimate of drug-likeness (QED) is 0.764. The minimum absolute atomic E-state index is 0.780. The van der Waals surface area contributed by atoms with Gasteiger partial charge in [0.25, 0.3) is 0 Å². The van der Waals surface area contributed by atoms with E-state index in [0.29, 0.717) is 0 Å². The summed E-state index contributed by atoms with van der Waals surface area (Å²) in [6.45, 7) is 2.04. The Morgan fingerprint density at radius 1 is 1.35 bits per heavy atom. The molecule has 0 saturated heterocycles. The number of rotatable bonds is 1. The zero-order valence-corrected chi connectivity index (χ0v) is 11.4. The lowest BCUT2D eigenvalue weighted by Crippen LogP contribution is -1.98. The van der Waals surface area contributed by atoms with Gasteiger partial charge in [0.2, 0.25) is 0 Å². The Labute approximate surface area is 112 Å². The van der Waals surface area contributed by atoms with Gasteiger partial charge < -0.3 is 0 Å². The molecule has 0 radical (unpaired) electrons. The van der Waals surface area contributed by atoms with Crippen LogP contribution in [0.15, 0.2) is 12.1 Å². The molecule has 1 aromatic heterocycles. The lowest BCUT2D eigenvalue weighted by atomic mass is 10.0. The zero-order valence-electron chi connectivity index (χ0n) is 9.76. The van der Waals surface area contributed by atoms with Crippen molar-refractivity contribution in [1.29, 1.82) is 0 Å². The van der Waals surface area contributed by atoms with Crippen molar-refractivity contribution in [2.75, 3.05) is 0 Å². The Kier molecular flexibility index (Phi) is 2.80. The highest BCUT2D eigenvalue weighted by Gasteiger charge is 2.19. The lowest BCUT2D eigenvalue weighted by Gasteiger charge is -2.12. The SMILES string of the molecule is Cc1c(Cl)ccc2c(CS)c3c(nc12)CCC3.